The zero-order chi connectivity index (χ0) is 9.68. The van der Waals surface area contributed by atoms with Gasteiger partial charge in [-0.2, -0.15) is 0 Å². The molecule has 1 rings (SSSR count). The summed E-state index contributed by atoms with van der Waals surface area (Å²) in [5, 5.41) is 1.31. The monoisotopic (exact) mass is 196 g/mol. The van der Waals surface area contributed by atoms with Gasteiger partial charge in [-0.1, -0.05) is 30.3 Å². The van der Waals surface area contributed by atoms with E-state index in [9.17, 15) is 0 Å². The summed E-state index contributed by atoms with van der Waals surface area (Å²) >= 11 is 0. The fourth-order valence-electron chi connectivity index (χ4n) is 1.15. The summed E-state index contributed by atoms with van der Waals surface area (Å²) < 4.78 is 10.8. The molecule has 2 unspecified atom stereocenters. The molecule has 72 valence electrons. The Bertz CT molecular complexity index is 238. The molecule has 0 saturated carbocycles. The molecule has 0 saturated heterocycles. The summed E-state index contributed by atoms with van der Waals surface area (Å²) in [6.07, 6.45) is -0.0955. The van der Waals surface area contributed by atoms with Crippen LogP contribution in [0.15, 0.2) is 30.3 Å². The van der Waals surface area contributed by atoms with Crippen molar-refractivity contribution in [2.45, 2.75) is 19.8 Å². The van der Waals surface area contributed by atoms with Crippen LogP contribution >= 0.6 is 0 Å². The summed E-state index contributed by atoms with van der Waals surface area (Å²) in [4.78, 5) is 0. The summed E-state index contributed by atoms with van der Waals surface area (Å²) in [6, 6.07) is 10.3. The van der Waals surface area contributed by atoms with Gasteiger partial charge in [0, 0.05) is 7.11 Å². The van der Waals surface area contributed by atoms with Crippen LogP contribution in [-0.4, -0.2) is 22.4 Å². The molecule has 2 atom stereocenters. The Morgan fingerprint density at radius 1 is 1.23 bits per heavy atom. The van der Waals surface area contributed by atoms with Crippen molar-refractivity contribution in [1.29, 1.82) is 0 Å². The number of ether oxygens (including phenoxy) is 1. The van der Waals surface area contributed by atoms with E-state index in [-0.39, 0.29) is 6.29 Å². The van der Waals surface area contributed by atoms with Crippen LogP contribution < -0.4 is 5.19 Å². The van der Waals surface area contributed by atoms with E-state index in [4.69, 9.17) is 9.16 Å². The average Bonchev–Trinajstić information content (AvgIpc) is 2.19. The maximum Gasteiger partial charge on any atom is 0.208 e. The third-order valence-corrected chi connectivity index (χ3v) is 4.11. The molecule has 13 heavy (non-hydrogen) atoms. The Morgan fingerprint density at radius 2 is 1.85 bits per heavy atom. The van der Waals surface area contributed by atoms with E-state index in [1.807, 2.05) is 25.1 Å². The van der Waals surface area contributed by atoms with Gasteiger partial charge in [0.05, 0.1) is 0 Å². The zero-order valence-corrected chi connectivity index (χ0v) is 9.51. The fourth-order valence-corrected chi connectivity index (χ4v) is 2.75. The first kappa shape index (κ1) is 10.4. The molecule has 0 N–H and O–H groups in total. The third-order valence-electron chi connectivity index (χ3n) is 2.00. The van der Waals surface area contributed by atoms with Gasteiger partial charge in [0.1, 0.15) is 6.29 Å². The van der Waals surface area contributed by atoms with Gasteiger partial charge in [-0.05, 0) is 18.7 Å². The van der Waals surface area contributed by atoms with Crippen LogP contribution in [0.25, 0.3) is 0 Å². The standard InChI is InChI=1S/C10H16O2Si/c1-9(11-2)12-13(3)10-7-5-4-6-8-10/h4-9,13H,1-3H3. The van der Waals surface area contributed by atoms with Crippen LogP contribution in [0.2, 0.25) is 6.55 Å². The van der Waals surface area contributed by atoms with Crippen molar-refractivity contribution in [3.63, 3.8) is 0 Å². The molecular weight excluding hydrogens is 180 g/mol. The van der Waals surface area contributed by atoms with Crippen molar-refractivity contribution >= 4 is 14.2 Å². The molecule has 0 fully saturated rings. The molecule has 0 aliphatic rings. The molecule has 0 aliphatic carbocycles. The van der Waals surface area contributed by atoms with Gasteiger partial charge in [0.25, 0.3) is 0 Å². The van der Waals surface area contributed by atoms with Crippen molar-refractivity contribution in [2.75, 3.05) is 7.11 Å². The van der Waals surface area contributed by atoms with E-state index >= 15 is 0 Å². The molecule has 0 bridgehead atoms. The molecule has 0 amide bonds. The molecule has 1 aromatic rings. The second kappa shape index (κ2) is 5.17. The van der Waals surface area contributed by atoms with Gasteiger partial charge in [0.15, 0.2) is 0 Å². The van der Waals surface area contributed by atoms with Crippen LogP contribution in [0.1, 0.15) is 6.92 Å². The second-order valence-corrected chi connectivity index (χ2v) is 5.22. The lowest BCUT2D eigenvalue weighted by molar-refractivity contribution is -0.0390. The highest BCUT2D eigenvalue weighted by atomic mass is 28.3. The van der Waals surface area contributed by atoms with Gasteiger partial charge in [-0.3, -0.25) is 0 Å². The number of benzene rings is 1. The summed E-state index contributed by atoms with van der Waals surface area (Å²) in [5.41, 5.74) is 0. The van der Waals surface area contributed by atoms with Gasteiger partial charge in [-0.25, -0.2) is 0 Å². The Balaban J connectivity index is 2.53. The van der Waals surface area contributed by atoms with Crippen molar-refractivity contribution < 1.29 is 9.16 Å². The molecule has 0 aliphatic heterocycles. The first-order chi connectivity index (χ1) is 6.24. The van der Waals surface area contributed by atoms with E-state index in [0.717, 1.165) is 0 Å². The maximum atomic E-state index is 5.70. The summed E-state index contributed by atoms with van der Waals surface area (Å²) in [5.74, 6) is 0. The first-order valence-electron chi connectivity index (χ1n) is 4.47. The number of rotatable bonds is 4. The lowest BCUT2D eigenvalue weighted by atomic mass is 10.4. The Morgan fingerprint density at radius 3 is 2.38 bits per heavy atom. The number of hydrogen-bond donors (Lipinski definition) is 0. The van der Waals surface area contributed by atoms with Crippen molar-refractivity contribution in [3.05, 3.63) is 30.3 Å². The number of methoxy groups -OCH3 is 1. The molecule has 3 heteroatoms. The lowest BCUT2D eigenvalue weighted by Crippen LogP contribution is -2.33. The maximum absolute atomic E-state index is 5.70. The second-order valence-electron chi connectivity index (χ2n) is 2.99. The molecule has 0 radical (unpaired) electrons. The van der Waals surface area contributed by atoms with Gasteiger partial charge in [0.2, 0.25) is 9.04 Å². The quantitative estimate of drug-likeness (QED) is 0.533. The van der Waals surface area contributed by atoms with Crippen molar-refractivity contribution in [2.24, 2.45) is 0 Å². The lowest BCUT2D eigenvalue weighted by Gasteiger charge is -2.16. The highest BCUT2D eigenvalue weighted by Crippen LogP contribution is 1.96. The van der Waals surface area contributed by atoms with Gasteiger partial charge >= 0.3 is 0 Å². The molecular formula is C10H16O2Si. The highest BCUT2D eigenvalue weighted by molar-refractivity contribution is 6.66. The summed E-state index contributed by atoms with van der Waals surface area (Å²) in [6.45, 7) is 4.08. The van der Waals surface area contributed by atoms with Crippen LogP contribution in [0.4, 0.5) is 0 Å². The van der Waals surface area contributed by atoms with E-state index in [0.29, 0.717) is 0 Å². The van der Waals surface area contributed by atoms with Gasteiger partial charge < -0.3 is 9.16 Å². The minimum atomic E-state index is -1.26. The van der Waals surface area contributed by atoms with E-state index in [2.05, 4.69) is 18.7 Å². The predicted octanol–water partition coefficient (Wildman–Crippen LogP) is 1.26. The van der Waals surface area contributed by atoms with E-state index < -0.39 is 9.04 Å². The van der Waals surface area contributed by atoms with Crippen molar-refractivity contribution in [1.82, 2.24) is 0 Å². The minimum absolute atomic E-state index is 0.0955. The third kappa shape index (κ3) is 3.30. The predicted molar refractivity (Wildman–Crippen MR) is 56.6 cm³/mol. The Kier molecular flexibility index (Phi) is 4.15. The molecule has 2 nitrogen and oxygen atoms in total. The van der Waals surface area contributed by atoms with Crippen LogP contribution in [-0.2, 0) is 9.16 Å². The van der Waals surface area contributed by atoms with Crippen molar-refractivity contribution in [3.8, 4) is 0 Å². The Labute approximate surface area is 81.2 Å². The normalized spacial score (nSPS) is 15.3. The zero-order valence-electron chi connectivity index (χ0n) is 8.36. The first-order valence-corrected chi connectivity index (χ1v) is 6.67. The Hall–Kier alpha value is -0.643. The van der Waals surface area contributed by atoms with Crippen LogP contribution in [0, 0.1) is 0 Å². The largest absolute Gasteiger partial charge is 0.391 e. The smallest absolute Gasteiger partial charge is 0.208 e. The highest BCUT2D eigenvalue weighted by Gasteiger charge is 2.10. The summed E-state index contributed by atoms with van der Waals surface area (Å²) in [7, 11) is 0.402. The minimum Gasteiger partial charge on any atom is -0.391 e. The molecule has 0 spiro atoms. The SMILES string of the molecule is COC(C)O[SiH](C)c1ccccc1. The number of hydrogen-bond acceptors (Lipinski definition) is 2. The molecule has 1 aromatic carbocycles. The van der Waals surface area contributed by atoms with Gasteiger partial charge in [-0.15, -0.1) is 0 Å². The topological polar surface area (TPSA) is 18.5 Å². The van der Waals surface area contributed by atoms with Crippen LogP contribution in [0.5, 0.6) is 0 Å². The molecule has 0 heterocycles. The van der Waals surface area contributed by atoms with E-state index in [1.54, 1.807) is 7.11 Å². The molecule has 0 aromatic heterocycles. The fraction of sp³-hybridized carbons (Fsp3) is 0.400. The average molecular weight is 196 g/mol. The van der Waals surface area contributed by atoms with E-state index in [1.165, 1.54) is 5.19 Å². The van der Waals surface area contributed by atoms with Crippen LogP contribution in [0.3, 0.4) is 0 Å².